The number of carbonyl (C=O) groups is 1. The highest BCUT2D eigenvalue weighted by molar-refractivity contribution is 6.35. The van der Waals surface area contributed by atoms with Gasteiger partial charge in [-0.05, 0) is 24.0 Å². The number of rotatable bonds is 2. The second-order valence-corrected chi connectivity index (χ2v) is 4.00. The predicted molar refractivity (Wildman–Crippen MR) is 58.0 cm³/mol. The highest BCUT2D eigenvalue weighted by Crippen LogP contribution is 2.28. The Kier molecular flexibility index (Phi) is 2.42. The van der Waals surface area contributed by atoms with Crippen molar-refractivity contribution in [2.45, 2.75) is 18.2 Å². The van der Waals surface area contributed by atoms with Gasteiger partial charge in [0.1, 0.15) is 5.38 Å². The summed E-state index contributed by atoms with van der Waals surface area (Å²) < 4.78 is 0. The molecule has 1 aliphatic rings. The third-order valence-corrected chi connectivity index (χ3v) is 2.92. The van der Waals surface area contributed by atoms with Gasteiger partial charge in [0.25, 0.3) is 0 Å². The maximum absolute atomic E-state index is 11.6. The van der Waals surface area contributed by atoms with E-state index < -0.39 is 0 Å². The second-order valence-electron chi connectivity index (χ2n) is 3.47. The molecular weight excluding hydrogens is 196 g/mol. The number of halogens is 1. The summed E-state index contributed by atoms with van der Waals surface area (Å²) in [7, 11) is 0. The first kappa shape index (κ1) is 9.47. The lowest BCUT2D eigenvalue weighted by Crippen LogP contribution is -2.06. The fourth-order valence-corrected chi connectivity index (χ4v) is 2.17. The lowest BCUT2D eigenvalue weighted by molar-refractivity contribution is 0.0998. The molecule has 0 heterocycles. The molecule has 0 N–H and O–H groups in total. The number of hydrogen-bond donors (Lipinski definition) is 0. The van der Waals surface area contributed by atoms with Crippen LogP contribution in [0.5, 0.6) is 0 Å². The average molecular weight is 207 g/mol. The summed E-state index contributed by atoms with van der Waals surface area (Å²) in [4.78, 5) is 11.6. The molecule has 0 saturated carbocycles. The molecule has 1 nitrogen and oxygen atoms in total. The zero-order valence-electron chi connectivity index (χ0n) is 7.79. The zero-order chi connectivity index (χ0) is 10.1. The number of benzene rings is 1. The summed E-state index contributed by atoms with van der Waals surface area (Å²) >= 11 is 5.92. The van der Waals surface area contributed by atoms with Crippen LogP contribution < -0.4 is 0 Å². The quantitative estimate of drug-likeness (QED) is 0.537. The molecule has 0 spiro atoms. The molecule has 1 unspecified atom stereocenters. The number of ketones is 1. The molecule has 72 valence electrons. The molecule has 1 atom stereocenters. The van der Waals surface area contributed by atoms with Crippen LogP contribution >= 0.6 is 11.6 Å². The number of allylic oxidation sites excluding steroid dienone is 1. The van der Waals surface area contributed by atoms with Gasteiger partial charge in [-0.2, -0.15) is 0 Å². The van der Waals surface area contributed by atoms with Crippen molar-refractivity contribution in [3.63, 3.8) is 0 Å². The Bertz CT molecular complexity index is 395. The Labute approximate surface area is 88.4 Å². The van der Waals surface area contributed by atoms with Gasteiger partial charge < -0.3 is 0 Å². The summed E-state index contributed by atoms with van der Waals surface area (Å²) in [5.41, 5.74) is 3.08. The van der Waals surface area contributed by atoms with Crippen LogP contribution in [-0.2, 0) is 12.8 Å². The SMILES string of the molecule is C=CCc1cccc2c1CC(Cl)C2=O. The minimum absolute atomic E-state index is 0.0626. The minimum atomic E-state index is -0.365. The average Bonchev–Trinajstić information content (AvgIpc) is 2.46. The van der Waals surface area contributed by atoms with Crippen molar-refractivity contribution < 1.29 is 4.79 Å². The van der Waals surface area contributed by atoms with Gasteiger partial charge in [-0.3, -0.25) is 4.79 Å². The van der Waals surface area contributed by atoms with Gasteiger partial charge in [0.2, 0.25) is 0 Å². The first-order valence-electron chi connectivity index (χ1n) is 4.64. The number of Topliss-reactive ketones (excluding diaryl/α,β-unsaturated/α-hetero) is 1. The van der Waals surface area contributed by atoms with Crippen LogP contribution in [0.15, 0.2) is 30.9 Å². The van der Waals surface area contributed by atoms with Gasteiger partial charge in [0.15, 0.2) is 5.78 Å². The van der Waals surface area contributed by atoms with Gasteiger partial charge in [0.05, 0.1) is 0 Å². The van der Waals surface area contributed by atoms with Gasteiger partial charge in [-0.1, -0.05) is 24.3 Å². The Morgan fingerprint density at radius 2 is 2.36 bits per heavy atom. The Hall–Kier alpha value is -1.08. The van der Waals surface area contributed by atoms with Gasteiger partial charge in [-0.15, -0.1) is 18.2 Å². The summed E-state index contributed by atoms with van der Waals surface area (Å²) in [6, 6.07) is 5.79. The van der Waals surface area contributed by atoms with E-state index in [2.05, 4.69) is 6.58 Å². The summed E-state index contributed by atoms with van der Waals surface area (Å²) in [5.74, 6) is 0.0626. The second kappa shape index (κ2) is 3.58. The first-order chi connectivity index (χ1) is 6.74. The Balaban J connectivity index is 2.49. The topological polar surface area (TPSA) is 17.1 Å². The number of fused-ring (bicyclic) bond motifs is 1. The van der Waals surface area contributed by atoms with Crippen molar-refractivity contribution >= 4 is 17.4 Å². The smallest absolute Gasteiger partial charge is 0.181 e. The standard InChI is InChI=1S/C12H11ClO/c1-2-4-8-5-3-6-9-10(8)7-11(13)12(9)14/h2-3,5-6,11H,1,4,7H2. The van der Waals surface area contributed by atoms with Crippen molar-refractivity contribution in [3.8, 4) is 0 Å². The highest BCUT2D eigenvalue weighted by Gasteiger charge is 2.29. The van der Waals surface area contributed by atoms with E-state index in [9.17, 15) is 4.79 Å². The van der Waals surface area contributed by atoms with E-state index in [-0.39, 0.29) is 11.2 Å². The van der Waals surface area contributed by atoms with Crippen molar-refractivity contribution in [3.05, 3.63) is 47.5 Å². The van der Waals surface area contributed by atoms with Crippen molar-refractivity contribution in [2.75, 3.05) is 0 Å². The Morgan fingerprint density at radius 1 is 1.57 bits per heavy atom. The Morgan fingerprint density at radius 3 is 3.07 bits per heavy atom. The van der Waals surface area contributed by atoms with E-state index in [0.717, 1.165) is 17.5 Å². The van der Waals surface area contributed by atoms with Crippen molar-refractivity contribution in [2.24, 2.45) is 0 Å². The summed E-state index contributed by atoms with van der Waals surface area (Å²) in [6.45, 7) is 3.70. The third kappa shape index (κ3) is 1.38. The minimum Gasteiger partial charge on any atom is -0.292 e. The van der Waals surface area contributed by atoms with E-state index in [1.165, 1.54) is 5.56 Å². The molecule has 1 aliphatic carbocycles. The molecule has 0 amide bonds. The fraction of sp³-hybridized carbons (Fsp3) is 0.250. The molecule has 0 saturated heterocycles. The van der Waals surface area contributed by atoms with Crippen LogP contribution in [0.3, 0.4) is 0 Å². The fourth-order valence-electron chi connectivity index (χ4n) is 1.89. The first-order valence-corrected chi connectivity index (χ1v) is 5.07. The van der Waals surface area contributed by atoms with Crippen LogP contribution in [0.25, 0.3) is 0 Å². The predicted octanol–water partition coefficient (Wildman–Crippen LogP) is 2.76. The van der Waals surface area contributed by atoms with Crippen LogP contribution in [-0.4, -0.2) is 11.2 Å². The molecule has 1 aromatic carbocycles. The van der Waals surface area contributed by atoms with E-state index >= 15 is 0 Å². The maximum atomic E-state index is 11.6. The van der Waals surface area contributed by atoms with Gasteiger partial charge in [-0.25, -0.2) is 0 Å². The molecular formula is C12H11ClO. The van der Waals surface area contributed by atoms with Crippen molar-refractivity contribution in [1.29, 1.82) is 0 Å². The van der Waals surface area contributed by atoms with Crippen LogP contribution in [0, 0.1) is 0 Å². The van der Waals surface area contributed by atoms with Gasteiger partial charge >= 0.3 is 0 Å². The molecule has 1 aromatic rings. The van der Waals surface area contributed by atoms with Crippen molar-refractivity contribution in [1.82, 2.24) is 0 Å². The largest absolute Gasteiger partial charge is 0.292 e. The molecule has 0 aromatic heterocycles. The number of carbonyl (C=O) groups excluding carboxylic acids is 1. The number of hydrogen-bond acceptors (Lipinski definition) is 1. The summed E-state index contributed by atoms with van der Waals surface area (Å²) in [5, 5.41) is -0.365. The maximum Gasteiger partial charge on any atom is 0.181 e. The van der Waals surface area contributed by atoms with Crippen LogP contribution in [0.2, 0.25) is 0 Å². The molecule has 2 rings (SSSR count). The molecule has 0 radical (unpaired) electrons. The zero-order valence-corrected chi connectivity index (χ0v) is 8.55. The highest BCUT2D eigenvalue weighted by atomic mass is 35.5. The molecule has 14 heavy (non-hydrogen) atoms. The molecule has 2 heteroatoms. The molecule has 0 bridgehead atoms. The third-order valence-electron chi connectivity index (χ3n) is 2.57. The molecule has 0 aliphatic heterocycles. The van der Waals surface area contributed by atoms with E-state index in [4.69, 9.17) is 11.6 Å². The lowest BCUT2D eigenvalue weighted by atomic mass is 10.0. The normalized spacial score (nSPS) is 19.5. The number of alkyl halides is 1. The van der Waals surface area contributed by atoms with E-state index in [1.54, 1.807) is 0 Å². The summed E-state index contributed by atoms with van der Waals surface area (Å²) in [6.07, 6.45) is 3.32. The van der Waals surface area contributed by atoms with Crippen LogP contribution in [0.4, 0.5) is 0 Å². The molecule has 0 fully saturated rings. The van der Waals surface area contributed by atoms with Gasteiger partial charge in [0, 0.05) is 5.56 Å². The lowest BCUT2D eigenvalue weighted by Gasteiger charge is -2.03. The van der Waals surface area contributed by atoms with Crippen LogP contribution in [0.1, 0.15) is 21.5 Å². The monoisotopic (exact) mass is 206 g/mol. The van der Waals surface area contributed by atoms with E-state index in [1.807, 2.05) is 24.3 Å². The van der Waals surface area contributed by atoms with E-state index in [0.29, 0.717) is 6.42 Å².